The number of benzene rings is 1. The zero-order valence-electron chi connectivity index (χ0n) is 15.6. The molecule has 2 aliphatic rings. The summed E-state index contributed by atoms with van der Waals surface area (Å²) in [4.78, 5) is 20.5. The number of hydrogen-bond acceptors (Lipinski definition) is 7. The topological polar surface area (TPSA) is 123 Å². The van der Waals surface area contributed by atoms with E-state index in [1.165, 1.54) is 30.5 Å². The molecule has 3 atom stereocenters. The lowest BCUT2D eigenvalue weighted by atomic mass is 9.76. The van der Waals surface area contributed by atoms with E-state index in [4.69, 9.17) is 20.5 Å². The number of ether oxygens (including phenoxy) is 2. The predicted octanol–water partition coefficient (Wildman–Crippen LogP) is 1.87. The van der Waals surface area contributed by atoms with E-state index >= 15 is 0 Å². The molecule has 3 heterocycles. The molecule has 1 fully saturated rings. The Kier molecular flexibility index (Phi) is 5.05. The van der Waals surface area contributed by atoms with E-state index in [1.54, 1.807) is 0 Å². The van der Waals surface area contributed by atoms with Gasteiger partial charge in [0.2, 0.25) is 0 Å². The summed E-state index contributed by atoms with van der Waals surface area (Å²) < 4.78 is 40.0. The molecule has 0 saturated carbocycles. The summed E-state index contributed by atoms with van der Waals surface area (Å²) in [6.45, 7) is -0.686. The van der Waals surface area contributed by atoms with Gasteiger partial charge in [0.15, 0.2) is 0 Å². The van der Waals surface area contributed by atoms with Gasteiger partial charge in [0.1, 0.15) is 35.9 Å². The number of amidine groups is 1. The van der Waals surface area contributed by atoms with Crippen molar-refractivity contribution in [2.75, 3.05) is 25.2 Å². The first-order chi connectivity index (χ1) is 14.5. The number of carbonyl (C=O) groups is 1. The number of nitrogens with two attached hydrogens (primary N) is 1. The van der Waals surface area contributed by atoms with Gasteiger partial charge < -0.3 is 20.5 Å². The van der Waals surface area contributed by atoms with Crippen LogP contribution >= 0.6 is 0 Å². The number of aliphatic imine (C=N–C) groups is 1. The van der Waals surface area contributed by atoms with Gasteiger partial charge in [-0.25, -0.2) is 18.8 Å². The molecule has 2 aliphatic heterocycles. The van der Waals surface area contributed by atoms with Gasteiger partial charge in [-0.1, -0.05) is 0 Å². The molecule has 8 nitrogen and oxygen atoms in total. The maximum absolute atomic E-state index is 14.8. The van der Waals surface area contributed by atoms with Crippen molar-refractivity contribution < 1.29 is 23.0 Å². The number of halogens is 2. The normalized spacial score (nSPS) is 24.9. The van der Waals surface area contributed by atoms with Crippen LogP contribution in [0.25, 0.3) is 0 Å². The Morgan fingerprint density at radius 2 is 2.20 bits per heavy atom. The van der Waals surface area contributed by atoms with Crippen molar-refractivity contribution in [3.63, 3.8) is 0 Å². The number of anilines is 1. The van der Waals surface area contributed by atoms with Crippen LogP contribution in [0.3, 0.4) is 0 Å². The van der Waals surface area contributed by atoms with Crippen LogP contribution in [0.2, 0.25) is 0 Å². The van der Waals surface area contributed by atoms with Gasteiger partial charge >= 0.3 is 0 Å². The fourth-order valence-electron chi connectivity index (χ4n) is 3.74. The molecule has 0 bridgehead atoms. The quantitative estimate of drug-likeness (QED) is 0.789. The van der Waals surface area contributed by atoms with Gasteiger partial charge in [-0.2, -0.15) is 5.26 Å². The van der Waals surface area contributed by atoms with E-state index < -0.39 is 36.0 Å². The largest absolute Gasteiger partial charge is 0.459 e. The molecule has 0 aliphatic carbocycles. The van der Waals surface area contributed by atoms with E-state index in [0.29, 0.717) is 5.56 Å². The molecule has 154 valence electrons. The highest BCUT2D eigenvalue weighted by Crippen LogP contribution is 2.44. The predicted molar refractivity (Wildman–Crippen MR) is 102 cm³/mol. The standard InChI is InChI=1S/C20H17F2N5O3/c21-10-20(14-8-29-9-17(14)30-19(24)27-20)13-5-12(2-3-15(13)22)26-18(28)16-4-1-11(6-23)7-25-16/h1-5,7,14,17H,8-10H2,(H2,24,27)(H,26,28)/t14-,17+,20+/m0/s1. The van der Waals surface area contributed by atoms with Crippen molar-refractivity contribution >= 4 is 17.6 Å². The summed E-state index contributed by atoms with van der Waals surface area (Å²) in [5.74, 6) is -1.83. The third kappa shape index (κ3) is 3.33. The number of nitriles is 1. The highest BCUT2D eigenvalue weighted by atomic mass is 19.1. The van der Waals surface area contributed by atoms with E-state index in [9.17, 15) is 13.6 Å². The molecule has 1 saturated heterocycles. The summed E-state index contributed by atoms with van der Waals surface area (Å²) in [6.07, 6.45) is 0.724. The lowest BCUT2D eigenvalue weighted by molar-refractivity contribution is 0.0614. The van der Waals surface area contributed by atoms with Crippen LogP contribution in [-0.4, -0.2) is 42.9 Å². The number of alkyl halides is 1. The molecule has 1 amide bonds. The highest BCUT2D eigenvalue weighted by molar-refractivity contribution is 6.02. The van der Waals surface area contributed by atoms with Crippen molar-refractivity contribution in [1.29, 1.82) is 5.26 Å². The van der Waals surface area contributed by atoms with Crippen molar-refractivity contribution in [1.82, 2.24) is 4.98 Å². The zero-order valence-corrected chi connectivity index (χ0v) is 15.6. The van der Waals surface area contributed by atoms with Gasteiger partial charge in [-0.3, -0.25) is 4.79 Å². The minimum Gasteiger partial charge on any atom is -0.459 e. The molecular formula is C20H17F2N5O3. The number of pyridine rings is 1. The number of amides is 1. The fraction of sp³-hybridized carbons (Fsp3) is 0.300. The van der Waals surface area contributed by atoms with Crippen LogP contribution in [0.1, 0.15) is 21.6 Å². The van der Waals surface area contributed by atoms with Crippen LogP contribution in [-0.2, 0) is 15.0 Å². The van der Waals surface area contributed by atoms with Crippen LogP contribution in [0.4, 0.5) is 14.5 Å². The molecule has 3 N–H and O–H groups in total. The number of carbonyl (C=O) groups excluding carboxylic acids is 1. The molecule has 0 unspecified atom stereocenters. The van der Waals surface area contributed by atoms with Gasteiger partial charge in [-0.05, 0) is 30.3 Å². The second kappa shape index (κ2) is 7.68. The lowest BCUT2D eigenvalue weighted by Gasteiger charge is -2.39. The van der Waals surface area contributed by atoms with Crippen molar-refractivity contribution in [2.45, 2.75) is 11.6 Å². The van der Waals surface area contributed by atoms with E-state index in [2.05, 4.69) is 15.3 Å². The van der Waals surface area contributed by atoms with E-state index in [0.717, 1.165) is 6.07 Å². The molecular weight excluding hydrogens is 396 g/mol. The van der Waals surface area contributed by atoms with Crippen molar-refractivity contribution in [2.24, 2.45) is 16.6 Å². The van der Waals surface area contributed by atoms with E-state index in [1.807, 2.05) is 6.07 Å². The summed E-state index contributed by atoms with van der Waals surface area (Å²) in [5.41, 5.74) is 4.66. The van der Waals surface area contributed by atoms with Gasteiger partial charge in [-0.15, -0.1) is 0 Å². The average Bonchev–Trinajstić information content (AvgIpc) is 3.23. The second-order valence-electron chi connectivity index (χ2n) is 7.00. The Morgan fingerprint density at radius 3 is 2.90 bits per heavy atom. The summed E-state index contributed by atoms with van der Waals surface area (Å²) >= 11 is 0. The number of nitrogens with zero attached hydrogens (tertiary/aromatic N) is 3. The second-order valence-corrected chi connectivity index (χ2v) is 7.00. The minimum atomic E-state index is -1.62. The average molecular weight is 413 g/mol. The number of hydrogen-bond donors (Lipinski definition) is 2. The number of fused-ring (bicyclic) bond motifs is 1. The molecule has 30 heavy (non-hydrogen) atoms. The Morgan fingerprint density at radius 1 is 1.37 bits per heavy atom. The zero-order chi connectivity index (χ0) is 21.3. The Balaban J connectivity index is 1.68. The molecule has 0 spiro atoms. The highest BCUT2D eigenvalue weighted by Gasteiger charge is 2.53. The molecule has 0 radical (unpaired) electrons. The van der Waals surface area contributed by atoms with E-state index in [-0.39, 0.29) is 36.2 Å². The molecule has 4 rings (SSSR count). The monoisotopic (exact) mass is 413 g/mol. The molecule has 1 aromatic carbocycles. The van der Waals surface area contributed by atoms with Crippen LogP contribution in [0.5, 0.6) is 0 Å². The minimum absolute atomic E-state index is 0.0534. The summed E-state index contributed by atoms with van der Waals surface area (Å²) in [7, 11) is 0. The van der Waals surface area contributed by atoms with Crippen LogP contribution in [0.15, 0.2) is 41.5 Å². The SMILES string of the molecule is N#Cc1ccc(C(=O)Nc2ccc(F)c([C@@]3(CF)N=C(N)O[C@@H]4COC[C@@H]43)c2)nc1. The lowest BCUT2D eigenvalue weighted by Crippen LogP contribution is -2.50. The Hall–Kier alpha value is -3.58. The fourth-order valence-corrected chi connectivity index (χ4v) is 3.74. The van der Waals surface area contributed by atoms with Gasteiger partial charge in [0, 0.05) is 17.4 Å². The van der Waals surface area contributed by atoms with Crippen molar-refractivity contribution in [3.05, 3.63) is 59.2 Å². The maximum Gasteiger partial charge on any atom is 0.283 e. The molecule has 1 aromatic heterocycles. The van der Waals surface area contributed by atoms with Gasteiger partial charge in [0.05, 0.1) is 24.7 Å². The third-order valence-corrected chi connectivity index (χ3v) is 5.24. The summed E-state index contributed by atoms with van der Waals surface area (Å²) in [5, 5.41) is 11.4. The van der Waals surface area contributed by atoms with Gasteiger partial charge in [0.25, 0.3) is 11.9 Å². The van der Waals surface area contributed by atoms with Crippen molar-refractivity contribution in [3.8, 4) is 6.07 Å². The van der Waals surface area contributed by atoms with Crippen LogP contribution in [0, 0.1) is 23.1 Å². The Bertz CT molecular complexity index is 1050. The first-order valence-corrected chi connectivity index (χ1v) is 9.10. The molecule has 10 heteroatoms. The number of nitrogens with one attached hydrogen (secondary N) is 1. The smallest absolute Gasteiger partial charge is 0.283 e. The maximum atomic E-state index is 14.8. The molecule has 2 aromatic rings. The third-order valence-electron chi connectivity index (χ3n) is 5.24. The Labute approximate surface area is 170 Å². The number of rotatable bonds is 4. The van der Waals surface area contributed by atoms with Crippen LogP contribution < -0.4 is 11.1 Å². The first-order valence-electron chi connectivity index (χ1n) is 9.10. The first kappa shape index (κ1) is 19.7. The summed E-state index contributed by atoms with van der Waals surface area (Å²) in [6, 6.07) is 8.32. The number of aromatic nitrogens is 1.